The minimum absolute atomic E-state index is 0.606. The maximum absolute atomic E-state index is 5.77. The van der Waals surface area contributed by atoms with Gasteiger partial charge in [0.25, 0.3) is 0 Å². The lowest BCUT2D eigenvalue weighted by Crippen LogP contribution is -2.08. The van der Waals surface area contributed by atoms with Crippen LogP contribution < -0.4 is 0 Å². The predicted octanol–water partition coefficient (Wildman–Crippen LogP) is 23.2. The Bertz CT molecular complexity index is 5830. The van der Waals surface area contributed by atoms with E-state index in [9.17, 15) is 0 Å². The number of rotatable bonds is 13. The standard InChI is InChI=1S/C91H59N7/c1-9-27-60(28-10-1)68-46-50-87-74(51-68)73-43-25-26-44-84(73)98(87)89-77(83-59-81(65-37-19-6-20-38-65)94-91(96-83)67-41-23-8-24-42-67)54-72(82-58-80(64-35-17-5-18-36-64)93-90(95-82)66-39-21-7-22-40-66)57-88(89)97-85-48-45-69(61-29-11-2-12-30-61)52-75(85)76-53-70(47-49-86(76)97)71-55-78(62-31-13-3-14-32-62)92-79(56-71)63-33-15-4-16-34-63/h1-59H. The van der Waals surface area contributed by atoms with Gasteiger partial charge >= 0.3 is 0 Å². The van der Waals surface area contributed by atoms with Gasteiger partial charge in [-0.2, -0.15) is 0 Å². The van der Waals surface area contributed by atoms with E-state index < -0.39 is 0 Å². The molecule has 5 aromatic heterocycles. The van der Waals surface area contributed by atoms with Crippen LogP contribution in [0.1, 0.15) is 0 Å². The van der Waals surface area contributed by atoms with Crippen molar-refractivity contribution in [3.05, 3.63) is 358 Å². The van der Waals surface area contributed by atoms with Crippen molar-refractivity contribution < 1.29 is 0 Å². The molecule has 5 heterocycles. The molecule has 0 aliphatic carbocycles. The van der Waals surface area contributed by atoms with Crippen molar-refractivity contribution in [2.24, 2.45) is 0 Å². The number of hydrogen-bond donors (Lipinski definition) is 0. The van der Waals surface area contributed by atoms with E-state index in [-0.39, 0.29) is 0 Å². The number of aromatic nitrogens is 7. The largest absolute Gasteiger partial charge is 0.307 e. The summed E-state index contributed by atoms with van der Waals surface area (Å²) in [7, 11) is 0. The first-order valence-electron chi connectivity index (χ1n) is 33.1. The lowest BCUT2D eigenvalue weighted by molar-refractivity contribution is 1.09. The molecule has 0 radical (unpaired) electrons. The van der Waals surface area contributed by atoms with Gasteiger partial charge in [0.15, 0.2) is 11.6 Å². The van der Waals surface area contributed by atoms with Gasteiger partial charge in [-0.05, 0) is 112 Å². The molecule has 0 atom stereocenters. The number of hydrogen-bond acceptors (Lipinski definition) is 5. The second-order valence-electron chi connectivity index (χ2n) is 24.8. The highest BCUT2D eigenvalue weighted by atomic mass is 15.1. The van der Waals surface area contributed by atoms with Crippen molar-refractivity contribution in [2.75, 3.05) is 0 Å². The Balaban J connectivity index is 1.00. The van der Waals surface area contributed by atoms with Crippen molar-refractivity contribution in [3.63, 3.8) is 0 Å². The molecule has 0 spiro atoms. The number of pyridine rings is 1. The summed E-state index contributed by atoms with van der Waals surface area (Å²) >= 11 is 0. The van der Waals surface area contributed by atoms with E-state index in [4.69, 9.17) is 24.9 Å². The van der Waals surface area contributed by atoms with Gasteiger partial charge in [-0.1, -0.05) is 279 Å². The van der Waals surface area contributed by atoms with Gasteiger partial charge in [0, 0.05) is 66.1 Å². The van der Waals surface area contributed by atoms with Gasteiger partial charge in [-0.25, -0.2) is 24.9 Å². The molecule has 0 aliphatic rings. The smallest absolute Gasteiger partial charge is 0.160 e. The Labute approximate surface area is 567 Å². The zero-order chi connectivity index (χ0) is 64.9. The number of para-hydroxylation sites is 1. The lowest BCUT2D eigenvalue weighted by atomic mass is 9.97. The van der Waals surface area contributed by atoms with Crippen molar-refractivity contribution >= 4 is 43.6 Å². The van der Waals surface area contributed by atoms with Gasteiger partial charge in [0.05, 0.1) is 67.6 Å². The molecule has 18 aromatic rings. The second-order valence-corrected chi connectivity index (χ2v) is 24.8. The molecule has 0 unspecified atom stereocenters. The zero-order valence-corrected chi connectivity index (χ0v) is 53.2. The third-order valence-corrected chi connectivity index (χ3v) is 18.7. The minimum Gasteiger partial charge on any atom is -0.307 e. The summed E-state index contributed by atoms with van der Waals surface area (Å²) in [5.41, 5.74) is 25.1. The maximum Gasteiger partial charge on any atom is 0.160 e. The zero-order valence-electron chi connectivity index (χ0n) is 53.2. The molecule has 7 nitrogen and oxygen atoms in total. The van der Waals surface area contributed by atoms with Crippen molar-refractivity contribution in [2.45, 2.75) is 0 Å². The van der Waals surface area contributed by atoms with Crippen LogP contribution in [0.5, 0.6) is 0 Å². The highest BCUT2D eigenvalue weighted by molar-refractivity contribution is 6.14. The van der Waals surface area contributed by atoms with Gasteiger partial charge < -0.3 is 9.13 Å². The second kappa shape index (κ2) is 24.6. The topological polar surface area (TPSA) is 74.3 Å². The van der Waals surface area contributed by atoms with Crippen LogP contribution >= 0.6 is 0 Å². The monoisotopic (exact) mass is 1250 g/mol. The molecule has 458 valence electrons. The highest BCUT2D eigenvalue weighted by Gasteiger charge is 2.28. The van der Waals surface area contributed by atoms with E-state index in [1.54, 1.807) is 0 Å². The molecule has 0 bridgehead atoms. The Hall–Kier alpha value is -13.2. The fourth-order valence-electron chi connectivity index (χ4n) is 14.0. The summed E-state index contributed by atoms with van der Waals surface area (Å²) < 4.78 is 4.99. The first-order valence-corrected chi connectivity index (χ1v) is 33.1. The summed E-state index contributed by atoms with van der Waals surface area (Å²) in [6, 6.07) is 127. The third kappa shape index (κ3) is 10.6. The molecule has 0 fully saturated rings. The van der Waals surface area contributed by atoms with Crippen LogP contribution in [0.4, 0.5) is 0 Å². The molecular weight excluding hydrogens is 1190 g/mol. The Morgan fingerprint density at radius 2 is 0.490 bits per heavy atom. The van der Waals surface area contributed by atoms with E-state index in [0.717, 1.165) is 167 Å². The highest BCUT2D eigenvalue weighted by Crippen LogP contribution is 2.47. The quantitative estimate of drug-likeness (QED) is 0.115. The summed E-state index contributed by atoms with van der Waals surface area (Å²) in [6.07, 6.45) is 0. The lowest BCUT2D eigenvalue weighted by Gasteiger charge is -2.23. The molecular formula is C91H59N7. The molecule has 18 rings (SSSR count). The fraction of sp³-hybridized carbons (Fsp3) is 0. The van der Waals surface area contributed by atoms with Gasteiger partial charge in [0.2, 0.25) is 0 Å². The average molecular weight is 1250 g/mol. The average Bonchev–Trinajstić information content (AvgIpc) is 1.53. The molecule has 7 heteroatoms. The van der Waals surface area contributed by atoms with E-state index >= 15 is 0 Å². The van der Waals surface area contributed by atoms with E-state index in [2.05, 4.69) is 337 Å². The van der Waals surface area contributed by atoms with Crippen LogP contribution in [0.25, 0.3) is 179 Å². The van der Waals surface area contributed by atoms with Gasteiger partial charge in [-0.3, -0.25) is 0 Å². The number of nitrogens with zero attached hydrogens (tertiary/aromatic N) is 7. The predicted molar refractivity (Wildman–Crippen MR) is 404 cm³/mol. The molecule has 0 aliphatic heterocycles. The van der Waals surface area contributed by atoms with Crippen molar-refractivity contribution in [1.82, 2.24) is 34.1 Å². The summed E-state index contributed by atoms with van der Waals surface area (Å²) in [6.45, 7) is 0. The van der Waals surface area contributed by atoms with Crippen molar-refractivity contribution in [1.29, 1.82) is 0 Å². The molecule has 0 saturated heterocycles. The van der Waals surface area contributed by atoms with Crippen molar-refractivity contribution in [3.8, 4) is 135 Å². The van der Waals surface area contributed by atoms with Crippen LogP contribution in [-0.4, -0.2) is 34.1 Å². The fourth-order valence-corrected chi connectivity index (χ4v) is 14.0. The number of fused-ring (bicyclic) bond motifs is 6. The van der Waals surface area contributed by atoms with Crippen LogP contribution in [-0.2, 0) is 0 Å². The molecule has 0 amide bonds. The SMILES string of the molecule is c1ccc(-c2ccc3c(c2)c2cc(-c4cc(-c5ccccc5)nc(-c5ccccc5)c4)ccc2n3-c2cc(-c3cc(-c4ccccc4)nc(-c4ccccc4)n3)cc(-c3cc(-c4ccccc4)nc(-c4ccccc4)n3)c2-n2c3ccccc3c3cc(-c4ccccc4)ccc32)cc1. The molecule has 0 N–H and O–H groups in total. The summed E-state index contributed by atoms with van der Waals surface area (Å²) in [5.74, 6) is 1.22. The normalized spacial score (nSPS) is 11.5. The maximum atomic E-state index is 5.77. The molecule has 0 saturated carbocycles. The van der Waals surface area contributed by atoms with Gasteiger partial charge in [0.1, 0.15) is 0 Å². The molecule has 98 heavy (non-hydrogen) atoms. The van der Waals surface area contributed by atoms with Crippen LogP contribution in [0.2, 0.25) is 0 Å². The Morgan fingerprint density at radius 1 is 0.173 bits per heavy atom. The third-order valence-electron chi connectivity index (χ3n) is 18.7. The van der Waals surface area contributed by atoms with E-state index in [1.807, 2.05) is 30.3 Å². The first kappa shape index (κ1) is 57.4. The van der Waals surface area contributed by atoms with Crippen LogP contribution in [0.3, 0.4) is 0 Å². The molecule has 13 aromatic carbocycles. The number of benzene rings is 13. The van der Waals surface area contributed by atoms with Crippen LogP contribution in [0.15, 0.2) is 358 Å². The minimum atomic E-state index is 0.606. The Morgan fingerprint density at radius 3 is 0.929 bits per heavy atom. The van der Waals surface area contributed by atoms with E-state index in [0.29, 0.717) is 11.6 Å². The van der Waals surface area contributed by atoms with E-state index in [1.165, 1.54) is 0 Å². The summed E-state index contributed by atoms with van der Waals surface area (Å²) in [5, 5.41) is 4.42. The van der Waals surface area contributed by atoms with Gasteiger partial charge in [-0.15, -0.1) is 0 Å². The van der Waals surface area contributed by atoms with Crippen LogP contribution in [0, 0.1) is 0 Å². The Kier molecular flexibility index (Phi) is 14.4. The summed E-state index contributed by atoms with van der Waals surface area (Å²) in [4.78, 5) is 27.5. The first-order chi connectivity index (χ1) is 48.6.